The van der Waals surface area contributed by atoms with Crippen molar-refractivity contribution >= 4 is 11.9 Å². The first-order valence-electron chi connectivity index (χ1n) is 13.0. The second-order valence-corrected chi connectivity index (χ2v) is 9.69. The molecule has 1 saturated heterocycles. The average molecular weight is 450 g/mol. The van der Waals surface area contributed by atoms with Crippen LogP contribution in [0.2, 0.25) is 0 Å². The number of carboxylic acid groups (broad SMARTS) is 2. The van der Waals surface area contributed by atoms with Gasteiger partial charge in [0.15, 0.2) is 0 Å². The van der Waals surface area contributed by atoms with E-state index in [1.165, 1.54) is 135 Å². The van der Waals surface area contributed by atoms with Crippen LogP contribution in [0.1, 0.15) is 110 Å². The molecule has 0 amide bonds. The SMILES string of the molecule is CC1(C(=O)O)C=CC=C(C(=O)O)C1.CCCCCCCCCCCCCCN1CCCC1. The van der Waals surface area contributed by atoms with Crippen LogP contribution < -0.4 is 0 Å². The lowest BCUT2D eigenvalue weighted by atomic mass is 9.80. The Balaban J connectivity index is 0.000000343. The normalized spacial score (nSPS) is 20.5. The van der Waals surface area contributed by atoms with E-state index >= 15 is 0 Å². The Bertz CT molecular complexity index is 592. The lowest BCUT2D eigenvalue weighted by Crippen LogP contribution is -2.28. The van der Waals surface area contributed by atoms with Crippen LogP contribution >= 0.6 is 0 Å². The minimum atomic E-state index is -1.08. The molecule has 1 aliphatic carbocycles. The largest absolute Gasteiger partial charge is 0.481 e. The minimum absolute atomic E-state index is 0.0359. The molecule has 0 aromatic heterocycles. The fourth-order valence-electron chi connectivity index (χ4n) is 4.37. The van der Waals surface area contributed by atoms with Gasteiger partial charge in [-0.3, -0.25) is 4.79 Å². The maximum absolute atomic E-state index is 10.8. The molecule has 32 heavy (non-hydrogen) atoms. The van der Waals surface area contributed by atoms with E-state index in [-0.39, 0.29) is 12.0 Å². The Morgan fingerprint density at radius 1 is 0.875 bits per heavy atom. The molecule has 5 nitrogen and oxygen atoms in total. The van der Waals surface area contributed by atoms with Gasteiger partial charge in [0.25, 0.3) is 0 Å². The zero-order chi connectivity index (χ0) is 23.7. The van der Waals surface area contributed by atoms with Crippen molar-refractivity contribution in [2.24, 2.45) is 5.41 Å². The first-order valence-corrected chi connectivity index (χ1v) is 13.0. The molecule has 0 aromatic carbocycles. The zero-order valence-electron chi connectivity index (χ0n) is 20.6. The summed E-state index contributed by atoms with van der Waals surface area (Å²) in [7, 11) is 0. The number of hydrogen-bond donors (Lipinski definition) is 2. The van der Waals surface area contributed by atoms with Crippen LogP contribution in [-0.2, 0) is 9.59 Å². The van der Waals surface area contributed by atoms with E-state index in [2.05, 4.69) is 11.8 Å². The predicted molar refractivity (Wildman–Crippen MR) is 132 cm³/mol. The van der Waals surface area contributed by atoms with Gasteiger partial charge in [-0.05, 0) is 52.2 Å². The Hall–Kier alpha value is -1.62. The molecule has 184 valence electrons. The molecule has 1 heterocycles. The van der Waals surface area contributed by atoms with Crippen LogP contribution in [0.5, 0.6) is 0 Å². The number of unbranched alkanes of at least 4 members (excludes halogenated alkanes) is 11. The van der Waals surface area contributed by atoms with E-state index in [9.17, 15) is 9.59 Å². The molecule has 2 rings (SSSR count). The summed E-state index contributed by atoms with van der Waals surface area (Å²) in [6.45, 7) is 7.92. The lowest BCUT2D eigenvalue weighted by Gasteiger charge is -2.23. The molecule has 2 N–H and O–H groups in total. The maximum Gasteiger partial charge on any atom is 0.331 e. The van der Waals surface area contributed by atoms with E-state index < -0.39 is 17.4 Å². The first kappa shape index (κ1) is 28.4. The monoisotopic (exact) mass is 449 g/mol. The van der Waals surface area contributed by atoms with E-state index in [0.29, 0.717) is 0 Å². The summed E-state index contributed by atoms with van der Waals surface area (Å²) in [6.07, 6.45) is 24.9. The lowest BCUT2D eigenvalue weighted by molar-refractivity contribution is -0.145. The average Bonchev–Trinajstić information content (AvgIpc) is 3.28. The molecular formula is C27H47NO4. The van der Waals surface area contributed by atoms with E-state index in [4.69, 9.17) is 10.2 Å². The second-order valence-electron chi connectivity index (χ2n) is 9.69. The number of rotatable bonds is 15. The molecule has 0 aromatic rings. The molecular weight excluding hydrogens is 402 g/mol. The van der Waals surface area contributed by atoms with Gasteiger partial charge in [0, 0.05) is 5.57 Å². The van der Waals surface area contributed by atoms with Crippen molar-refractivity contribution in [1.29, 1.82) is 0 Å². The third kappa shape index (κ3) is 12.4. The minimum Gasteiger partial charge on any atom is -0.481 e. The third-order valence-electron chi connectivity index (χ3n) is 6.61. The standard InChI is InChI=1S/C18H37N.C9H10O4/c1-2-3-4-5-6-7-8-9-10-11-12-13-16-19-17-14-15-18-19;1-9(8(12)13)4-2-3-6(5-9)7(10)11/h2-18H2,1H3;2-4H,5H2,1H3,(H,10,11)(H,12,13). The van der Waals surface area contributed by atoms with Gasteiger partial charge in [-0.1, -0.05) is 95.8 Å². The molecule has 0 radical (unpaired) electrons. The van der Waals surface area contributed by atoms with Crippen molar-refractivity contribution in [1.82, 2.24) is 4.90 Å². The Morgan fingerprint density at radius 3 is 1.84 bits per heavy atom. The topological polar surface area (TPSA) is 77.8 Å². The number of carbonyl (C=O) groups is 2. The number of likely N-dealkylation sites (tertiary alicyclic amines) is 1. The molecule has 1 aliphatic heterocycles. The molecule has 1 fully saturated rings. The van der Waals surface area contributed by atoms with Crippen molar-refractivity contribution in [2.75, 3.05) is 19.6 Å². The highest BCUT2D eigenvalue weighted by Crippen LogP contribution is 2.31. The van der Waals surface area contributed by atoms with Crippen LogP contribution in [0.4, 0.5) is 0 Å². The van der Waals surface area contributed by atoms with Gasteiger partial charge in [-0.2, -0.15) is 0 Å². The van der Waals surface area contributed by atoms with Crippen molar-refractivity contribution in [3.63, 3.8) is 0 Å². The molecule has 2 aliphatic rings. The predicted octanol–water partition coefficient (Wildman–Crippen LogP) is 6.83. The van der Waals surface area contributed by atoms with Crippen molar-refractivity contribution < 1.29 is 19.8 Å². The Morgan fingerprint density at radius 2 is 1.38 bits per heavy atom. The molecule has 0 spiro atoms. The van der Waals surface area contributed by atoms with Crippen LogP contribution in [0.3, 0.4) is 0 Å². The first-order chi connectivity index (χ1) is 15.4. The molecule has 1 atom stereocenters. The highest BCUT2D eigenvalue weighted by atomic mass is 16.4. The van der Waals surface area contributed by atoms with E-state index in [0.717, 1.165) is 0 Å². The molecule has 1 unspecified atom stereocenters. The quantitative estimate of drug-likeness (QED) is 0.268. The van der Waals surface area contributed by atoms with Gasteiger partial charge in [0.1, 0.15) is 0 Å². The van der Waals surface area contributed by atoms with Gasteiger partial charge in [-0.25, -0.2) is 4.79 Å². The number of allylic oxidation sites excluding steroid dienone is 2. The van der Waals surface area contributed by atoms with Crippen molar-refractivity contribution in [3.8, 4) is 0 Å². The second kappa shape index (κ2) is 16.9. The van der Waals surface area contributed by atoms with Gasteiger partial charge in [-0.15, -0.1) is 0 Å². The smallest absolute Gasteiger partial charge is 0.331 e. The van der Waals surface area contributed by atoms with Crippen molar-refractivity contribution in [2.45, 2.75) is 110 Å². The number of carboxylic acids is 2. The number of hydrogen-bond acceptors (Lipinski definition) is 3. The summed E-state index contributed by atoms with van der Waals surface area (Å²) >= 11 is 0. The summed E-state index contributed by atoms with van der Waals surface area (Å²) < 4.78 is 0. The van der Waals surface area contributed by atoms with Crippen LogP contribution in [0.15, 0.2) is 23.8 Å². The van der Waals surface area contributed by atoms with Gasteiger partial charge in [0.05, 0.1) is 5.41 Å². The fraction of sp³-hybridized carbons (Fsp3) is 0.778. The Labute approximate surface area is 196 Å². The summed E-state index contributed by atoms with van der Waals surface area (Å²) in [5, 5.41) is 17.5. The highest BCUT2D eigenvalue weighted by molar-refractivity contribution is 5.90. The summed E-state index contributed by atoms with van der Waals surface area (Å²) in [4.78, 5) is 24.0. The third-order valence-corrected chi connectivity index (χ3v) is 6.61. The van der Waals surface area contributed by atoms with Crippen LogP contribution in [0, 0.1) is 5.41 Å². The van der Waals surface area contributed by atoms with Gasteiger partial charge < -0.3 is 15.1 Å². The van der Waals surface area contributed by atoms with E-state index in [1.54, 1.807) is 0 Å². The van der Waals surface area contributed by atoms with E-state index in [1.807, 2.05) is 0 Å². The van der Waals surface area contributed by atoms with Gasteiger partial charge >= 0.3 is 11.9 Å². The van der Waals surface area contributed by atoms with Crippen LogP contribution in [0.25, 0.3) is 0 Å². The number of aliphatic carboxylic acids is 2. The van der Waals surface area contributed by atoms with Crippen LogP contribution in [-0.4, -0.2) is 46.7 Å². The highest BCUT2D eigenvalue weighted by Gasteiger charge is 2.34. The van der Waals surface area contributed by atoms with Crippen molar-refractivity contribution in [3.05, 3.63) is 23.8 Å². The fourth-order valence-corrected chi connectivity index (χ4v) is 4.37. The zero-order valence-corrected chi connectivity index (χ0v) is 20.6. The molecule has 5 heteroatoms. The molecule has 0 bridgehead atoms. The maximum atomic E-state index is 10.8. The van der Waals surface area contributed by atoms with Gasteiger partial charge in [0.2, 0.25) is 0 Å². The summed E-state index contributed by atoms with van der Waals surface area (Å²) in [5.41, 5.74) is -0.949. The summed E-state index contributed by atoms with van der Waals surface area (Å²) in [6, 6.07) is 0. The Kier molecular flexibility index (Phi) is 15.0. The molecule has 0 saturated carbocycles. The number of nitrogens with zero attached hydrogens (tertiary/aromatic N) is 1. The summed E-state index contributed by atoms with van der Waals surface area (Å²) in [5.74, 6) is -2.06.